The van der Waals surface area contributed by atoms with Gasteiger partial charge in [0, 0.05) is 0 Å². The SMILES string of the molecule is CC(C)O[C@@H]1C(COC(C)C#N)O[C@@H](C(C)C)[C@@H](O)C1O. The molecule has 6 heteroatoms. The van der Waals surface area contributed by atoms with Gasteiger partial charge in [0.05, 0.1) is 24.9 Å². The minimum absolute atomic E-state index is 0.0468. The number of hydrogen-bond acceptors (Lipinski definition) is 6. The summed E-state index contributed by atoms with van der Waals surface area (Å²) < 4.78 is 16.9. The standard InChI is InChI=1S/C15H27NO5/c1-8(2)14-12(17)13(18)15(20-9(3)4)11(21-14)7-19-10(5)6-16/h8-15,17-18H,7H2,1-5H3/t10?,11?,12-,13?,14-,15+/m0/s1. The lowest BCUT2D eigenvalue weighted by Crippen LogP contribution is -2.61. The van der Waals surface area contributed by atoms with Crippen LogP contribution in [0.1, 0.15) is 34.6 Å². The summed E-state index contributed by atoms with van der Waals surface area (Å²) in [5.41, 5.74) is 0. The van der Waals surface area contributed by atoms with Crippen LogP contribution >= 0.6 is 0 Å². The highest BCUT2D eigenvalue weighted by Gasteiger charge is 2.46. The van der Waals surface area contributed by atoms with Crippen LogP contribution in [0.5, 0.6) is 0 Å². The van der Waals surface area contributed by atoms with Crippen LogP contribution in [0.25, 0.3) is 0 Å². The molecule has 0 aromatic rings. The van der Waals surface area contributed by atoms with Crippen molar-refractivity contribution in [3.05, 3.63) is 0 Å². The lowest BCUT2D eigenvalue weighted by Gasteiger charge is -2.44. The summed E-state index contributed by atoms with van der Waals surface area (Å²) in [6.07, 6.45) is -4.41. The van der Waals surface area contributed by atoms with Crippen molar-refractivity contribution in [3.63, 3.8) is 0 Å². The Morgan fingerprint density at radius 1 is 1.14 bits per heavy atom. The Kier molecular flexibility index (Phi) is 7.04. The van der Waals surface area contributed by atoms with Gasteiger partial charge < -0.3 is 24.4 Å². The molecular formula is C15H27NO5. The Bertz CT molecular complexity index is 354. The van der Waals surface area contributed by atoms with Gasteiger partial charge in [0.15, 0.2) is 0 Å². The third-order valence-corrected chi connectivity index (χ3v) is 3.50. The van der Waals surface area contributed by atoms with Gasteiger partial charge in [0.1, 0.15) is 30.5 Å². The van der Waals surface area contributed by atoms with Crippen LogP contribution in [0.4, 0.5) is 0 Å². The molecule has 0 radical (unpaired) electrons. The van der Waals surface area contributed by atoms with Crippen molar-refractivity contribution in [1.29, 1.82) is 5.26 Å². The first-order valence-corrected chi connectivity index (χ1v) is 7.46. The maximum absolute atomic E-state index is 10.3. The van der Waals surface area contributed by atoms with E-state index in [2.05, 4.69) is 0 Å². The van der Waals surface area contributed by atoms with Crippen molar-refractivity contribution in [1.82, 2.24) is 0 Å². The van der Waals surface area contributed by atoms with Gasteiger partial charge in [-0.25, -0.2) is 0 Å². The number of ether oxygens (including phenoxy) is 3. The quantitative estimate of drug-likeness (QED) is 0.756. The molecule has 0 bridgehead atoms. The summed E-state index contributed by atoms with van der Waals surface area (Å²) >= 11 is 0. The maximum atomic E-state index is 10.3. The minimum Gasteiger partial charge on any atom is -0.388 e. The van der Waals surface area contributed by atoms with Gasteiger partial charge in [-0.1, -0.05) is 13.8 Å². The van der Waals surface area contributed by atoms with Crippen molar-refractivity contribution in [2.24, 2.45) is 5.92 Å². The monoisotopic (exact) mass is 301 g/mol. The molecule has 1 aliphatic rings. The van der Waals surface area contributed by atoms with Crippen LogP contribution in [-0.4, -0.2) is 59.5 Å². The molecule has 1 aliphatic heterocycles. The number of nitriles is 1. The molecule has 0 amide bonds. The molecule has 0 spiro atoms. The van der Waals surface area contributed by atoms with Gasteiger partial charge in [-0.15, -0.1) is 0 Å². The summed E-state index contributed by atoms with van der Waals surface area (Å²) in [6.45, 7) is 9.32. The highest BCUT2D eigenvalue weighted by Crippen LogP contribution is 2.28. The molecule has 0 aromatic carbocycles. The average molecular weight is 301 g/mol. The molecule has 21 heavy (non-hydrogen) atoms. The Morgan fingerprint density at radius 2 is 1.76 bits per heavy atom. The first-order valence-electron chi connectivity index (χ1n) is 7.46. The second-order valence-electron chi connectivity index (χ2n) is 6.12. The molecule has 2 N–H and O–H groups in total. The van der Waals surface area contributed by atoms with Gasteiger partial charge in [-0.05, 0) is 26.7 Å². The maximum Gasteiger partial charge on any atom is 0.141 e. The fourth-order valence-corrected chi connectivity index (χ4v) is 2.41. The van der Waals surface area contributed by atoms with Crippen LogP contribution in [0.2, 0.25) is 0 Å². The topological polar surface area (TPSA) is 91.9 Å². The van der Waals surface area contributed by atoms with Crippen LogP contribution < -0.4 is 0 Å². The molecular weight excluding hydrogens is 274 g/mol. The predicted molar refractivity (Wildman–Crippen MR) is 76.5 cm³/mol. The zero-order chi connectivity index (χ0) is 16.2. The highest BCUT2D eigenvalue weighted by molar-refractivity contribution is 4.95. The number of aliphatic hydroxyl groups excluding tert-OH is 2. The summed E-state index contributed by atoms with van der Waals surface area (Å²) in [5.74, 6) is 0.0468. The van der Waals surface area contributed by atoms with Crippen molar-refractivity contribution < 1.29 is 24.4 Å². The van der Waals surface area contributed by atoms with E-state index in [0.29, 0.717) is 0 Å². The minimum atomic E-state index is -1.04. The van der Waals surface area contributed by atoms with Crippen LogP contribution in [0.15, 0.2) is 0 Å². The second kappa shape index (κ2) is 8.06. The average Bonchev–Trinajstić information content (AvgIpc) is 2.41. The number of hydrogen-bond donors (Lipinski definition) is 2. The summed E-state index contributed by atoms with van der Waals surface area (Å²) in [4.78, 5) is 0. The van der Waals surface area contributed by atoms with E-state index >= 15 is 0 Å². The third kappa shape index (κ3) is 4.90. The van der Waals surface area contributed by atoms with Gasteiger partial charge in [-0.2, -0.15) is 5.26 Å². The normalized spacial score (nSPS) is 35.0. The fraction of sp³-hybridized carbons (Fsp3) is 0.933. The predicted octanol–water partition coefficient (Wildman–Crippen LogP) is 0.854. The third-order valence-electron chi connectivity index (χ3n) is 3.50. The van der Waals surface area contributed by atoms with Crippen LogP contribution in [-0.2, 0) is 14.2 Å². The molecule has 1 saturated heterocycles. The van der Waals surface area contributed by atoms with E-state index in [9.17, 15) is 10.2 Å². The second-order valence-corrected chi connectivity index (χ2v) is 6.12. The summed E-state index contributed by atoms with van der Waals surface area (Å²) in [7, 11) is 0. The lowest BCUT2D eigenvalue weighted by atomic mass is 9.89. The zero-order valence-corrected chi connectivity index (χ0v) is 13.4. The van der Waals surface area contributed by atoms with E-state index in [1.54, 1.807) is 6.92 Å². The van der Waals surface area contributed by atoms with E-state index in [1.165, 1.54) is 0 Å². The molecule has 1 rings (SSSR count). The van der Waals surface area contributed by atoms with Crippen molar-refractivity contribution in [2.75, 3.05) is 6.61 Å². The highest BCUT2D eigenvalue weighted by atomic mass is 16.6. The van der Waals surface area contributed by atoms with E-state index < -0.39 is 36.6 Å². The first-order chi connectivity index (χ1) is 9.77. The largest absolute Gasteiger partial charge is 0.388 e. The van der Waals surface area contributed by atoms with E-state index in [1.807, 2.05) is 33.8 Å². The Morgan fingerprint density at radius 3 is 2.24 bits per heavy atom. The molecule has 3 unspecified atom stereocenters. The smallest absolute Gasteiger partial charge is 0.141 e. The number of nitrogens with zero attached hydrogens (tertiary/aromatic N) is 1. The van der Waals surface area contributed by atoms with Gasteiger partial charge >= 0.3 is 0 Å². The van der Waals surface area contributed by atoms with Gasteiger partial charge in [0.2, 0.25) is 0 Å². The lowest BCUT2D eigenvalue weighted by molar-refractivity contribution is -0.260. The molecule has 1 heterocycles. The first kappa shape index (κ1) is 18.3. The zero-order valence-electron chi connectivity index (χ0n) is 13.4. The van der Waals surface area contributed by atoms with Gasteiger partial charge in [0.25, 0.3) is 0 Å². The van der Waals surface area contributed by atoms with Crippen LogP contribution in [0, 0.1) is 17.2 Å². The van der Waals surface area contributed by atoms with Crippen molar-refractivity contribution in [2.45, 2.75) is 77.3 Å². The van der Waals surface area contributed by atoms with E-state index in [0.717, 1.165) is 0 Å². The van der Waals surface area contributed by atoms with Gasteiger partial charge in [-0.3, -0.25) is 0 Å². The molecule has 6 atom stereocenters. The summed E-state index contributed by atoms with van der Waals surface area (Å²) in [5, 5.41) is 29.3. The Balaban J connectivity index is 2.83. The fourth-order valence-electron chi connectivity index (χ4n) is 2.41. The molecule has 1 fully saturated rings. The Hall–Kier alpha value is -0.710. The van der Waals surface area contributed by atoms with E-state index in [-0.39, 0.29) is 18.6 Å². The van der Waals surface area contributed by atoms with Crippen molar-refractivity contribution in [3.8, 4) is 6.07 Å². The molecule has 6 nitrogen and oxygen atoms in total. The molecule has 0 aromatic heterocycles. The molecule has 0 saturated carbocycles. The number of rotatable bonds is 6. The molecule has 122 valence electrons. The van der Waals surface area contributed by atoms with Crippen LogP contribution in [0.3, 0.4) is 0 Å². The molecule has 0 aliphatic carbocycles. The number of aliphatic hydroxyl groups is 2. The van der Waals surface area contributed by atoms with Crippen molar-refractivity contribution >= 4 is 0 Å². The Labute approximate surface area is 126 Å². The van der Waals surface area contributed by atoms with E-state index in [4.69, 9.17) is 19.5 Å². The summed E-state index contributed by atoms with van der Waals surface area (Å²) in [6, 6.07) is 1.98.